The largest absolute Gasteiger partial charge is 0.465 e. The molecule has 26 heavy (non-hydrogen) atoms. The molecule has 14 heteroatoms. The maximum atomic E-state index is 12.2. The lowest BCUT2D eigenvalue weighted by molar-refractivity contribution is -0.141. The fourth-order valence-corrected chi connectivity index (χ4v) is 3.64. The van der Waals surface area contributed by atoms with Crippen LogP contribution in [0.5, 0.6) is 0 Å². The van der Waals surface area contributed by atoms with Crippen molar-refractivity contribution < 1.29 is 41.6 Å². The number of likely N-dealkylation sites (tertiary alicyclic amines) is 1. The van der Waals surface area contributed by atoms with E-state index < -0.39 is 40.5 Å². The summed E-state index contributed by atoms with van der Waals surface area (Å²) < 4.78 is 34.7. The number of carboxylic acid groups (broad SMARTS) is 1. The van der Waals surface area contributed by atoms with Gasteiger partial charge in [-0.2, -0.15) is 13.5 Å². The molecule has 146 valence electrons. The molecular weight excluding hydrogens is 376 g/mol. The first-order valence-corrected chi connectivity index (χ1v) is 9.22. The van der Waals surface area contributed by atoms with Crippen LogP contribution in [0.2, 0.25) is 0 Å². The Kier molecular flexibility index (Phi) is 4.92. The summed E-state index contributed by atoms with van der Waals surface area (Å²) >= 11 is 0. The average molecular weight is 394 g/mol. The second-order valence-corrected chi connectivity index (χ2v) is 7.21. The molecule has 0 spiro atoms. The molecule has 0 aliphatic carbocycles. The second kappa shape index (κ2) is 6.86. The molecule has 0 radical (unpaired) electrons. The minimum atomic E-state index is -4.85. The van der Waals surface area contributed by atoms with Gasteiger partial charge in [0.15, 0.2) is 0 Å². The van der Waals surface area contributed by atoms with Crippen molar-refractivity contribution in [3.63, 3.8) is 0 Å². The Morgan fingerprint density at radius 3 is 2.58 bits per heavy atom. The quantitative estimate of drug-likeness (QED) is 0.370. The summed E-state index contributed by atoms with van der Waals surface area (Å²) in [6, 6.07) is -2.66. The molecule has 13 nitrogen and oxygen atoms in total. The first kappa shape index (κ1) is 18.6. The molecular formula is C12H18N4O9S. The van der Waals surface area contributed by atoms with E-state index in [1.807, 2.05) is 0 Å². The zero-order valence-electron chi connectivity index (χ0n) is 13.5. The Labute approximate surface area is 148 Å². The van der Waals surface area contributed by atoms with Gasteiger partial charge in [0.25, 0.3) is 5.91 Å². The highest BCUT2D eigenvalue weighted by molar-refractivity contribution is 7.80. The fraction of sp³-hybridized carbons (Fsp3) is 0.750. The highest BCUT2D eigenvalue weighted by Gasteiger charge is 2.49. The van der Waals surface area contributed by atoms with Gasteiger partial charge in [-0.3, -0.25) is 14.2 Å². The molecule has 0 aromatic rings. The number of nitrogens with one attached hydrogen (secondary N) is 1. The van der Waals surface area contributed by atoms with Crippen molar-refractivity contribution in [2.75, 3.05) is 19.7 Å². The molecule has 3 fully saturated rings. The van der Waals surface area contributed by atoms with Gasteiger partial charge in [-0.1, -0.05) is 0 Å². The Hall–Kier alpha value is -2.16. The molecule has 0 saturated carbocycles. The van der Waals surface area contributed by atoms with Crippen molar-refractivity contribution >= 4 is 28.4 Å². The first-order chi connectivity index (χ1) is 12.2. The number of urea groups is 1. The lowest BCUT2D eigenvalue weighted by Gasteiger charge is -2.38. The number of piperidine rings is 1. The van der Waals surface area contributed by atoms with E-state index in [0.29, 0.717) is 24.4 Å². The van der Waals surface area contributed by atoms with Gasteiger partial charge >= 0.3 is 22.5 Å². The minimum Gasteiger partial charge on any atom is -0.465 e. The van der Waals surface area contributed by atoms with Crippen LogP contribution in [0.15, 0.2) is 0 Å². The number of rotatable bonds is 6. The van der Waals surface area contributed by atoms with Crippen LogP contribution in [0, 0.1) is 0 Å². The molecule has 3 atom stereocenters. The molecule has 3 aliphatic rings. The predicted octanol–water partition coefficient (Wildman–Crippen LogP) is -1.21. The third-order valence-corrected chi connectivity index (χ3v) is 4.99. The minimum absolute atomic E-state index is 0.0146. The van der Waals surface area contributed by atoms with Gasteiger partial charge in [-0.05, 0) is 19.3 Å². The Morgan fingerprint density at radius 2 is 2.00 bits per heavy atom. The second-order valence-electron chi connectivity index (χ2n) is 6.21. The third kappa shape index (κ3) is 3.67. The van der Waals surface area contributed by atoms with Gasteiger partial charge in [-0.25, -0.2) is 15.1 Å². The highest BCUT2D eigenvalue weighted by Crippen LogP contribution is 2.30. The van der Waals surface area contributed by atoms with Gasteiger partial charge in [0, 0.05) is 13.1 Å². The van der Waals surface area contributed by atoms with E-state index in [1.165, 1.54) is 4.90 Å². The zero-order valence-corrected chi connectivity index (χ0v) is 14.3. The van der Waals surface area contributed by atoms with Gasteiger partial charge in [0.05, 0.1) is 18.7 Å². The topological polar surface area (TPSA) is 166 Å². The van der Waals surface area contributed by atoms with Gasteiger partial charge in [0.1, 0.15) is 6.04 Å². The van der Waals surface area contributed by atoms with Crippen LogP contribution in [0.25, 0.3) is 0 Å². The van der Waals surface area contributed by atoms with Crippen LogP contribution < -0.4 is 5.48 Å². The highest BCUT2D eigenvalue weighted by atomic mass is 32.3. The normalized spacial score (nSPS) is 28.1. The molecule has 3 N–H and O–H groups in total. The smallest absolute Gasteiger partial charge is 0.418 e. The molecule has 3 saturated heterocycles. The van der Waals surface area contributed by atoms with Crippen molar-refractivity contribution in [2.45, 2.75) is 37.4 Å². The molecule has 4 amide bonds. The van der Waals surface area contributed by atoms with Crippen molar-refractivity contribution in [1.29, 1.82) is 0 Å². The summed E-state index contributed by atoms with van der Waals surface area (Å²) in [5, 5.41) is 9.43. The number of carbonyl (C=O) groups is 3. The maximum Gasteiger partial charge on any atom is 0.418 e. The lowest BCUT2D eigenvalue weighted by Crippen LogP contribution is -2.54. The van der Waals surface area contributed by atoms with E-state index in [2.05, 4.69) is 9.76 Å². The molecule has 3 heterocycles. The van der Waals surface area contributed by atoms with E-state index >= 15 is 0 Å². The molecule has 3 aliphatic heterocycles. The maximum absolute atomic E-state index is 12.2. The van der Waals surface area contributed by atoms with Gasteiger partial charge in [0.2, 0.25) is 0 Å². The van der Waals surface area contributed by atoms with Crippen molar-refractivity contribution in [2.24, 2.45) is 0 Å². The van der Waals surface area contributed by atoms with Gasteiger partial charge < -0.3 is 14.9 Å². The molecule has 0 aromatic carbocycles. The Bertz CT molecular complexity index is 713. The number of carbonyl (C=O) groups excluding carboxylic acids is 2. The molecule has 2 bridgehead atoms. The van der Waals surface area contributed by atoms with Crippen molar-refractivity contribution in [1.82, 2.24) is 20.3 Å². The summed E-state index contributed by atoms with van der Waals surface area (Å²) in [7, 11) is -4.85. The third-order valence-electron chi connectivity index (χ3n) is 4.64. The molecule has 3 rings (SSSR count). The van der Waals surface area contributed by atoms with Crippen LogP contribution >= 0.6 is 0 Å². The van der Waals surface area contributed by atoms with Crippen LogP contribution in [-0.4, -0.2) is 88.8 Å². The number of hydrogen-bond acceptors (Lipinski definition) is 7. The SMILES string of the molecule is O=C(NOC[C@@H]1CCN1C(=O)O)[C@@H]1CC[C@@H]2CN1C(=O)N2OS(=O)(=O)O. The summed E-state index contributed by atoms with van der Waals surface area (Å²) in [6.45, 7) is 0.467. The van der Waals surface area contributed by atoms with E-state index in [9.17, 15) is 22.8 Å². The number of amides is 4. The van der Waals surface area contributed by atoms with Crippen molar-refractivity contribution in [3.8, 4) is 0 Å². The van der Waals surface area contributed by atoms with Gasteiger partial charge in [-0.15, -0.1) is 4.28 Å². The van der Waals surface area contributed by atoms with E-state index in [-0.39, 0.29) is 25.6 Å². The fourth-order valence-electron chi connectivity index (χ4n) is 3.25. The Morgan fingerprint density at radius 1 is 1.27 bits per heavy atom. The van der Waals surface area contributed by atoms with Crippen LogP contribution in [0.1, 0.15) is 19.3 Å². The molecule has 0 unspecified atom stereocenters. The first-order valence-electron chi connectivity index (χ1n) is 7.85. The number of fused-ring (bicyclic) bond motifs is 2. The average Bonchev–Trinajstić information content (AvgIpc) is 2.73. The van der Waals surface area contributed by atoms with Crippen LogP contribution in [0.4, 0.5) is 9.59 Å². The monoisotopic (exact) mass is 394 g/mol. The molecule has 0 aromatic heterocycles. The van der Waals surface area contributed by atoms with Crippen LogP contribution in [0.3, 0.4) is 0 Å². The predicted molar refractivity (Wildman–Crippen MR) is 80.6 cm³/mol. The summed E-state index contributed by atoms with van der Waals surface area (Å²) in [4.78, 5) is 42.7. The van der Waals surface area contributed by atoms with Crippen LogP contribution in [-0.2, 0) is 24.3 Å². The number of nitrogens with zero attached hydrogens (tertiary/aromatic N) is 3. The van der Waals surface area contributed by atoms with Crippen molar-refractivity contribution in [3.05, 3.63) is 0 Å². The Balaban J connectivity index is 1.51. The number of hydroxylamine groups is 3. The lowest BCUT2D eigenvalue weighted by atomic mass is 10.0. The summed E-state index contributed by atoms with van der Waals surface area (Å²) in [6.07, 6.45) is 0.114. The number of hydrogen-bond donors (Lipinski definition) is 3. The van der Waals surface area contributed by atoms with E-state index in [1.54, 1.807) is 0 Å². The standard InChI is InChI=1S/C12H18N4O9S/c17-10(13-24-6-8-3-4-14(8)12(19)20)9-2-1-7-5-15(9)11(18)16(7)25-26(21,22)23/h7-9H,1-6H2,(H,13,17)(H,19,20)(H,21,22,23)/t7-,8+,9+/m1/s1. The summed E-state index contributed by atoms with van der Waals surface area (Å²) in [5.41, 5.74) is 2.20. The van der Waals surface area contributed by atoms with E-state index in [4.69, 9.17) is 14.5 Å². The van der Waals surface area contributed by atoms with E-state index in [0.717, 1.165) is 4.90 Å². The summed E-state index contributed by atoms with van der Waals surface area (Å²) in [5.74, 6) is -0.605. The zero-order chi connectivity index (χ0) is 19.1.